The molecule has 2 heterocycles. The number of halogens is 1. The highest BCUT2D eigenvalue weighted by Gasteiger charge is 2.24. The van der Waals surface area contributed by atoms with Crippen LogP contribution in [0.5, 0.6) is 0 Å². The lowest BCUT2D eigenvalue weighted by molar-refractivity contribution is 0.168. The lowest BCUT2D eigenvalue weighted by Crippen LogP contribution is -2.45. The molecule has 1 fully saturated rings. The molecule has 4 heteroatoms. The van der Waals surface area contributed by atoms with Crippen LogP contribution in [0, 0.1) is 5.95 Å². The van der Waals surface area contributed by atoms with Crippen molar-refractivity contribution < 1.29 is 4.39 Å². The average molecular weight is 249 g/mol. The summed E-state index contributed by atoms with van der Waals surface area (Å²) in [6.07, 6.45) is 2.27. The Morgan fingerprint density at radius 2 is 2.28 bits per heavy atom. The summed E-state index contributed by atoms with van der Waals surface area (Å²) in [7, 11) is 0. The Morgan fingerprint density at radius 1 is 1.56 bits per heavy atom. The molecule has 2 rings (SSSR count). The van der Waals surface area contributed by atoms with E-state index in [4.69, 9.17) is 0 Å². The van der Waals surface area contributed by atoms with Gasteiger partial charge in [-0.2, -0.15) is 4.39 Å². The zero-order valence-electron chi connectivity index (χ0n) is 10.8. The lowest BCUT2D eigenvalue weighted by Gasteiger charge is -2.35. The van der Waals surface area contributed by atoms with Crippen molar-refractivity contribution in [3.05, 3.63) is 42.0 Å². The first kappa shape index (κ1) is 13.2. The van der Waals surface area contributed by atoms with Crippen molar-refractivity contribution in [2.45, 2.75) is 19.4 Å². The molecule has 0 radical (unpaired) electrons. The van der Waals surface area contributed by atoms with E-state index >= 15 is 0 Å². The van der Waals surface area contributed by atoms with Crippen LogP contribution in [0.3, 0.4) is 0 Å². The van der Waals surface area contributed by atoms with E-state index < -0.39 is 0 Å². The fourth-order valence-electron chi connectivity index (χ4n) is 2.41. The van der Waals surface area contributed by atoms with Crippen LogP contribution in [-0.2, 0) is 0 Å². The van der Waals surface area contributed by atoms with E-state index in [2.05, 4.69) is 21.8 Å². The molecule has 1 aliphatic rings. The van der Waals surface area contributed by atoms with Crippen molar-refractivity contribution in [3.8, 4) is 0 Å². The Kier molecular flexibility index (Phi) is 4.44. The summed E-state index contributed by atoms with van der Waals surface area (Å²) in [5, 5.41) is 3.32. The van der Waals surface area contributed by atoms with Crippen LogP contribution < -0.4 is 5.32 Å². The predicted molar refractivity (Wildman–Crippen MR) is 70.8 cm³/mol. The van der Waals surface area contributed by atoms with E-state index in [0.29, 0.717) is 5.56 Å². The third kappa shape index (κ3) is 3.15. The van der Waals surface area contributed by atoms with Crippen LogP contribution in [-0.4, -0.2) is 36.1 Å². The molecule has 1 aromatic heterocycles. The van der Waals surface area contributed by atoms with Gasteiger partial charge in [-0.3, -0.25) is 4.90 Å². The highest BCUT2D eigenvalue weighted by Crippen LogP contribution is 2.28. The molecule has 0 unspecified atom stereocenters. The number of hydrogen-bond acceptors (Lipinski definition) is 3. The number of rotatable bonds is 4. The topological polar surface area (TPSA) is 28.2 Å². The van der Waals surface area contributed by atoms with Crippen molar-refractivity contribution in [1.82, 2.24) is 15.2 Å². The average Bonchev–Trinajstić information content (AvgIpc) is 2.38. The molecule has 0 spiro atoms. The monoisotopic (exact) mass is 249 g/mol. The van der Waals surface area contributed by atoms with Crippen molar-refractivity contribution >= 4 is 0 Å². The maximum atomic E-state index is 13.9. The van der Waals surface area contributed by atoms with E-state index in [1.54, 1.807) is 6.07 Å². The second-order valence-electron chi connectivity index (χ2n) is 4.85. The Hall–Kier alpha value is -1.26. The van der Waals surface area contributed by atoms with Gasteiger partial charge in [-0.05, 0) is 19.4 Å². The second-order valence-corrected chi connectivity index (χ2v) is 4.85. The summed E-state index contributed by atoms with van der Waals surface area (Å²) < 4.78 is 13.9. The van der Waals surface area contributed by atoms with Gasteiger partial charge in [0.2, 0.25) is 5.95 Å². The van der Waals surface area contributed by atoms with E-state index in [9.17, 15) is 4.39 Å². The molecule has 1 aromatic rings. The van der Waals surface area contributed by atoms with Gasteiger partial charge in [0.25, 0.3) is 0 Å². The summed E-state index contributed by atoms with van der Waals surface area (Å²) >= 11 is 0. The fourth-order valence-corrected chi connectivity index (χ4v) is 2.41. The Labute approximate surface area is 108 Å². The van der Waals surface area contributed by atoms with Crippen LogP contribution in [0.2, 0.25) is 0 Å². The highest BCUT2D eigenvalue weighted by atomic mass is 19.1. The summed E-state index contributed by atoms with van der Waals surface area (Å²) in [6, 6.07) is 3.68. The number of nitrogens with one attached hydrogen (secondary N) is 1. The zero-order chi connectivity index (χ0) is 13.0. The standard InChI is InChI=1S/C14H20FN3/c1-11(2)10-13(18-8-6-16-7-9-18)12-4-3-5-17-14(12)15/h3-5,13,16H,1,6-10H2,2H3/t13-/m1/s1. The van der Waals surface area contributed by atoms with E-state index in [1.165, 1.54) is 6.20 Å². The number of piperazine rings is 1. The van der Waals surface area contributed by atoms with Crippen molar-refractivity contribution in [1.29, 1.82) is 0 Å². The van der Waals surface area contributed by atoms with Gasteiger partial charge in [0.05, 0.1) is 0 Å². The van der Waals surface area contributed by atoms with Crippen LogP contribution in [0.4, 0.5) is 4.39 Å². The Bertz CT molecular complexity index is 413. The molecule has 0 bridgehead atoms. The highest BCUT2D eigenvalue weighted by molar-refractivity contribution is 5.18. The number of hydrogen-bond donors (Lipinski definition) is 1. The van der Waals surface area contributed by atoms with Crippen LogP contribution in [0.25, 0.3) is 0 Å². The van der Waals surface area contributed by atoms with Crippen molar-refractivity contribution in [2.75, 3.05) is 26.2 Å². The minimum Gasteiger partial charge on any atom is -0.314 e. The molecular formula is C14H20FN3. The molecule has 0 amide bonds. The molecule has 0 aliphatic carbocycles. The van der Waals surface area contributed by atoms with Crippen molar-refractivity contribution in [2.24, 2.45) is 0 Å². The number of aromatic nitrogens is 1. The smallest absolute Gasteiger partial charge is 0.217 e. The van der Waals surface area contributed by atoms with Gasteiger partial charge < -0.3 is 5.32 Å². The van der Waals surface area contributed by atoms with Gasteiger partial charge in [0.15, 0.2) is 0 Å². The maximum absolute atomic E-state index is 13.9. The third-order valence-corrected chi connectivity index (χ3v) is 3.28. The molecule has 3 nitrogen and oxygen atoms in total. The van der Waals surface area contributed by atoms with E-state index in [0.717, 1.165) is 38.2 Å². The summed E-state index contributed by atoms with van der Waals surface area (Å²) in [5.74, 6) is -0.359. The van der Waals surface area contributed by atoms with Crippen LogP contribution in [0.15, 0.2) is 30.5 Å². The summed E-state index contributed by atoms with van der Waals surface area (Å²) in [6.45, 7) is 9.73. The van der Waals surface area contributed by atoms with Gasteiger partial charge in [-0.25, -0.2) is 4.98 Å². The third-order valence-electron chi connectivity index (χ3n) is 3.28. The largest absolute Gasteiger partial charge is 0.314 e. The molecule has 0 aromatic carbocycles. The van der Waals surface area contributed by atoms with Gasteiger partial charge in [0, 0.05) is 44.0 Å². The minimum atomic E-state index is -0.359. The SMILES string of the molecule is C=C(C)C[C@H](c1cccnc1F)N1CCNCC1. The normalized spacial score (nSPS) is 18.6. The number of pyridine rings is 1. The summed E-state index contributed by atoms with van der Waals surface area (Å²) in [4.78, 5) is 6.07. The summed E-state index contributed by atoms with van der Waals surface area (Å²) in [5.41, 5.74) is 1.75. The van der Waals surface area contributed by atoms with E-state index in [-0.39, 0.29) is 12.0 Å². The first-order valence-corrected chi connectivity index (χ1v) is 6.38. The molecule has 0 saturated carbocycles. The Balaban J connectivity index is 2.24. The molecule has 1 N–H and O–H groups in total. The molecule has 1 aliphatic heterocycles. The fraction of sp³-hybridized carbons (Fsp3) is 0.500. The lowest BCUT2D eigenvalue weighted by atomic mass is 9.99. The zero-order valence-corrected chi connectivity index (χ0v) is 10.8. The van der Waals surface area contributed by atoms with Crippen LogP contribution in [0.1, 0.15) is 24.9 Å². The quantitative estimate of drug-likeness (QED) is 0.654. The van der Waals surface area contributed by atoms with Gasteiger partial charge >= 0.3 is 0 Å². The Morgan fingerprint density at radius 3 is 2.89 bits per heavy atom. The molecular weight excluding hydrogens is 229 g/mol. The molecule has 98 valence electrons. The van der Waals surface area contributed by atoms with Gasteiger partial charge in [0.1, 0.15) is 0 Å². The maximum Gasteiger partial charge on any atom is 0.217 e. The number of nitrogens with zero attached hydrogens (tertiary/aromatic N) is 2. The predicted octanol–water partition coefficient (Wildman–Crippen LogP) is 2.13. The second kappa shape index (κ2) is 6.07. The molecule has 1 atom stereocenters. The van der Waals surface area contributed by atoms with Gasteiger partial charge in [-0.1, -0.05) is 11.6 Å². The van der Waals surface area contributed by atoms with Gasteiger partial charge in [-0.15, -0.1) is 6.58 Å². The van der Waals surface area contributed by atoms with Crippen molar-refractivity contribution in [3.63, 3.8) is 0 Å². The minimum absolute atomic E-state index is 0.0540. The van der Waals surface area contributed by atoms with Crippen LogP contribution >= 0.6 is 0 Å². The molecule has 18 heavy (non-hydrogen) atoms. The first-order valence-electron chi connectivity index (χ1n) is 6.38. The van der Waals surface area contributed by atoms with E-state index in [1.807, 2.05) is 13.0 Å². The first-order chi connectivity index (χ1) is 8.68. The molecule has 1 saturated heterocycles.